The molecule has 164 valence electrons. The predicted octanol–water partition coefficient (Wildman–Crippen LogP) is 4.10. The van der Waals surface area contributed by atoms with E-state index in [2.05, 4.69) is 45.1 Å². The molecule has 1 aromatic heterocycles. The van der Waals surface area contributed by atoms with Gasteiger partial charge in [0.25, 0.3) is 0 Å². The molecule has 0 radical (unpaired) electrons. The van der Waals surface area contributed by atoms with Crippen LogP contribution < -0.4 is 10.6 Å². The molecule has 2 saturated carbocycles. The van der Waals surface area contributed by atoms with Crippen LogP contribution in [0.1, 0.15) is 74.1 Å². The average Bonchev–Trinajstić information content (AvgIpc) is 3.23. The van der Waals surface area contributed by atoms with Crippen LogP contribution in [0.2, 0.25) is 0 Å². The standard InChI is InChI=1S/C25H32N4O2/c30-24(17-7-2-1-3-8-17)27-23-15-22(28-29-23)20-13-21(14-20)26-25(31)19-11-10-16-6-4-5-9-18(16)12-19/h4-6,9,15,17,19-21H,1-3,7-8,10-14H2,(H,26,31)(H2,27,28,29,30). The Labute approximate surface area is 183 Å². The molecule has 2 amide bonds. The van der Waals surface area contributed by atoms with E-state index in [9.17, 15) is 9.59 Å². The van der Waals surface area contributed by atoms with E-state index in [0.29, 0.717) is 11.7 Å². The number of aromatic amines is 1. The lowest BCUT2D eigenvalue weighted by Gasteiger charge is -2.36. The first kappa shape index (κ1) is 20.3. The van der Waals surface area contributed by atoms with Gasteiger partial charge in [0.1, 0.15) is 0 Å². The molecule has 0 saturated heterocycles. The number of hydrogen-bond acceptors (Lipinski definition) is 3. The van der Waals surface area contributed by atoms with Gasteiger partial charge in [0, 0.05) is 35.6 Å². The number of nitrogens with zero attached hydrogens (tertiary/aromatic N) is 1. The summed E-state index contributed by atoms with van der Waals surface area (Å²) in [6, 6.07) is 10.7. The van der Waals surface area contributed by atoms with E-state index in [1.165, 1.54) is 17.5 Å². The number of carbonyl (C=O) groups is 2. The number of fused-ring (bicyclic) bond motifs is 1. The van der Waals surface area contributed by atoms with Crippen molar-refractivity contribution in [1.29, 1.82) is 0 Å². The topological polar surface area (TPSA) is 86.9 Å². The number of carbonyl (C=O) groups excluding carboxylic acids is 2. The molecule has 5 rings (SSSR count). The van der Waals surface area contributed by atoms with E-state index in [1.54, 1.807) is 0 Å². The number of rotatable bonds is 5. The fourth-order valence-corrected chi connectivity index (χ4v) is 5.43. The number of hydrogen-bond donors (Lipinski definition) is 3. The van der Waals surface area contributed by atoms with Crippen LogP contribution >= 0.6 is 0 Å². The van der Waals surface area contributed by atoms with E-state index in [-0.39, 0.29) is 29.7 Å². The third-order valence-corrected chi connectivity index (χ3v) is 7.47. The Hall–Kier alpha value is -2.63. The summed E-state index contributed by atoms with van der Waals surface area (Å²) in [5, 5.41) is 13.6. The predicted molar refractivity (Wildman–Crippen MR) is 120 cm³/mol. The highest BCUT2D eigenvalue weighted by Gasteiger charge is 2.35. The highest BCUT2D eigenvalue weighted by atomic mass is 16.2. The minimum Gasteiger partial charge on any atom is -0.353 e. The van der Waals surface area contributed by atoms with Gasteiger partial charge in [-0.3, -0.25) is 14.7 Å². The molecule has 6 nitrogen and oxygen atoms in total. The van der Waals surface area contributed by atoms with Crippen molar-refractivity contribution in [2.75, 3.05) is 5.32 Å². The van der Waals surface area contributed by atoms with Gasteiger partial charge in [0.2, 0.25) is 11.8 Å². The monoisotopic (exact) mass is 420 g/mol. The van der Waals surface area contributed by atoms with Gasteiger partial charge in [-0.05, 0) is 56.1 Å². The lowest BCUT2D eigenvalue weighted by Crippen LogP contribution is -2.46. The van der Waals surface area contributed by atoms with Gasteiger partial charge in [-0.25, -0.2) is 0 Å². The summed E-state index contributed by atoms with van der Waals surface area (Å²) in [6.45, 7) is 0. The lowest BCUT2D eigenvalue weighted by molar-refractivity contribution is -0.126. The molecule has 0 bridgehead atoms. The smallest absolute Gasteiger partial charge is 0.228 e. The molecule has 0 spiro atoms. The van der Waals surface area contributed by atoms with Crippen LogP contribution in [0.4, 0.5) is 5.82 Å². The van der Waals surface area contributed by atoms with Crippen molar-refractivity contribution >= 4 is 17.6 Å². The first-order valence-electron chi connectivity index (χ1n) is 11.9. The largest absolute Gasteiger partial charge is 0.353 e. The first-order valence-corrected chi connectivity index (χ1v) is 11.9. The fourth-order valence-electron chi connectivity index (χ4n) is 5.43. The zero-order chi connectivity index (χ0) is 21.2. The molecular weight excluding hydrogens is 388 g/mol. The van der Waals surface area contributed by atoms with Gasteiger partial charge >= 0.3 is 0 Å². The zero-order valence-electron chi connectivity index (χ0n) is 18.0. The van der Waals surface area contributed by atoms with E-state index in [4.69, 9.17) is 0 Å². The molecule has 1 heterocycles. The molecule has 3 aliphatic rings. The summed E-state index contributed by atoms with van der Waals surface area (Å²) >= 11 is 0. The average molecular weight is 421 g/mol. The third-order valence-electron chi connectivity index (χ3n) is 7.47. The number of amides is 2. The van der Waals surface area contributed by atoms with Crippen molar-refractivity contribution in [3.63, 3.8) is 0 Å². The highest BCUT2D eigenvalue weighted by molar-refractivity contribution is 5.91. The Bertz CT molecular complexity index is 941. The Morgan fingerprint density at radius 1 is 0.935 bits per heavy atom. The first-order chi connectivity index (χ1) is 15.2. The van der Waals surface area contributed by atoms with E-state index in [0.717, 1.165) is 63.5 Å². The van der Waals surface area contributed by atoms with Gasteiger partial charge < -0.3 is 10.6 Å². The van der Waals surface area contributed by atoms with Crippen LogP contribution in [0.25, 0.3) is 0 Å². The molecule has 0 aliphatic heterocycles. The van der Waals surface area contributed by atoms with Gasteiger partial charge in [-0.15, -0.1) is 0 Å². The number of nitrogens with one attached hydrogen (secondary N) is 3. The molecule has 1 aromatic carbocycles. The van der Waals surface area contributed by atoms with Crippen molar-refractivity contribution in [1.82, 2.24) is 15.5 Å². The minimum atomic E-state index is 0.0858. The maximum absolute atomic E-state index is 12.8. The normalized spacial score (nSPS) is 25.9. The van der Waals surface area contributed by atoms with Crippen molar-refractivity contribution in [2.24, 2.45) is 11.8 Å². The minimum absolute atomic E-state index is 0.0858. The van der Waals surface area contributed by atoms with Gasteiger partial charge in [0.15, 0.2) is 5.82 Å². The fraction of sp³-hybridized carbons (Fsp3) is 0.560. The van der Waals surface area contributed by atoms with Gasteiger partial charge in [-0.1, -0.05) is 43.5 Å². The summed E-state index contributed by atoms with van der Waals surface area (Å²) in [6.07, 6.45) is 10.1. The zero-order valence-corrected chi connectivity index (χ0v) is 18.0. The van der Waals surface area contributed by atoms with Gasteiger partial charge in [-0.2, -0.15) is 5.10 Å². The lowest BCUT2D eigenvalue weighted by atomic mass is 9.77. The second-order valence-electron chi connectivity index (χ2n) is 9.61. The quantitative estimate of drug-likeness (QED) is 0.681. The Morgan fingerprint density at radius 3 is 2.52 bits per heavy atom. The van der Waals surface area contributed by atoms with Crippen molar-refractivity contribution < 1.29 is 9.59 Å². The van der Waals surface area contributed by atoms with E-state index >= 15 is 0 Å². The van der Waals surface area contributed by atoms with Gasteiger partial charge in [0.05, 0.1) is 0 Å². The van der Waals surface area contributed by atoms with Crippen LogP contribution in [0.15, 0.2) is 30.3 Å². The maximum Gasteiger partial charge on any atom is 0.228 e. The Kier molecular flexibility index (Phi) is 5.79. The highest BCUT2D eigenvalue weighted by Crippen LogP contribution is 2.37. The summed E-state index contributed by atoms with van der Waals surface area (Å²) < 4.78 is 0. The Morgan fingerprint density at radius 2 is 1.71 bits per heavy atom. The second kappa shape index (κ2) is 8.85. The molecule has 2 fully saturated rings. The van der Waals surface area contributed by atoms with E-state index < -0.39 is 0 Å². The number of aromatic nitrogens is 2. The van der Waals surface area contributed by atoms with Crippen LogP contribution in [0, 0.1) is 11.8 Å². The number of aryl methyl sites for hydroxylation is 1. The molecule has 31 heavy (non-hydrogen) atoms. The van der Waals surface area contributed by atoms with Crippen LogP contribution in [0.3, 0.4) is 0 Å². The van der Waals surface area contributed by atoms with Crippen LogP contribution in [-0.2, 0) is 22.4 Å². The Balaban J connectivity index is 1.08. The molecule has 2 aromatic rings. The van der Waals surface area contributed by atoms with Crippen molar-refractivity contribution in [2.45, 2.75) is 76.2 Å². The molecule has 3 aliphatic carbocycles. The maximum atomic E-state index is 12.8. The molecule has 1 atom stereocenters. The molecule has 3 N–H and O–H groups in total. The summed E-state index contributed by atoms with van der Waals surface area (Å²) in [4.78, 5) is 25.2. The van der Waals surface area contributed by atoms with Crippen LogP contribution in [-0.4, -0.2) is 28.1 Å². The summed E-state index contributed by atoms with van der Waals surface area (Å²) in [5.74, 6) is 1.50. The molecule has 1 unspecified atom stereocenters. The molecule has 6 heteroatoms. The van der Waals surface area contributed by atoms with Crippen LogP contribution in [0.5, 0.6) is 0 Å². The summed E-state index contributed by atoms with van der Waals surface area (Å²) in [5.41, 5.74) is 3.76. The number of H-pyrrole nitrogens is 1. The summed E-state index contributed by atoms with van der Waals surface area (Å²) in [7, 11) is 0. The number of anilines is 1. The van der Waals surface area contributed by atoms with Crippen molar-refractivity contribution in [3.8, 4) is 0 Å². The second-order valence-corrected chi connectivity index (χ2v) is 9.61. The SMILES string of the molecule is O=C(Nc1cc(C2CC(NC(=O)C3CCc4ccccc4C3)C2)[nH]n1)C1CCCCC1. The van der Waals surface area contributed by atoms with Crippen molar-refractivity contribution in [3.05, 3.63) is 47.2 Å². The third kappa shape index (κ3) is 4.53. The molecular formula is C25H32N4O2. The number of benzene rings is 1. The van der Waals surface area contributed by atoms with E-state index in [1.807, 2.05) is 6.07 Å².